The number of nitrogens with one attached hydrogen (secondary N) is 1. The van der Waals surface area contributed by atoms with Crippen LogP contribution >= 0.6 is 0 Å². The summed E-state index contributed by atoms with van der Waals surface area (Å²) in [5, 5.41) is 4.78. The van der Waals surface area contributed by atoms with E-state index >= 15 is 0 Å². The van der Waals surface area contributed by atoms with Gasteiger partial charge in [-0.25, -0.2) is 12.8 Å². The second-order valence-electron chi connectivity index (χ2n) is 6.72. The topological polar surface area (TPSA) is 63.2 Å². The monoisotopic (exact) mass is 399 g/mol. The Kier molecular flexibility index (Phi) is 6.21. The van der Waals surface area contributed by atoms with Crippen molar-refractivity contribution in [2.24, 2.45) is 0 Å². The number of hydrogen-bond acceptors (Lipinski definition) is 4. The molecule has 6 heteroatoms. The van der Waals surface area contributed by atoms with Gasteiger partial charge in [0.15, 0.2) is 15.6 Å². The van der Waals surface area contributed by atoms with Crippen LogP contribution in [0.3, 0.4) is 0 Å². The Morgan fingerprint density at radius 3 is 2.54 bits per heavy atom. The quantitative estimate of drug-likeness (QED) is 0.461. The fourth-order valence-electron chi connectivity index (χ4n) is 3.03. The molecule has 1 N–H and O–H groups in total. The van der Waals surface area contributed by atoms with Crippen LogP contribution in [0, 0.1) is 12.7 Å². The first-order valence-corrected chi connectivity index (χ1v) is 10.7. The summed E-state index contributed by atoms with van der Waals surface area (Å²) in [6, 6.07) is 17.4. The van der Waals surface area contributed by atoms with Crippen LogP contribution in [0.25, 0.3) is 10.8 Å². The largest absolute Gasteiger partial charge is 0.310 e. The number of carbonyl (C=O) groups is 1. The number of rotatable bonds is 8. The van der Waals surface area contributed by atoms with Gasteiger partial charge >= 0.3 is 0 Å². The Morgan fingerprint density at radius 2 is 1.75 bits per heavy atom. The van der Waals surface area contributed by atoms with Crippen LogP contribution < -0.4 is 5.32 Å². The Balaban J connectivity index is 1.52. The predicted octanol–water partition coefficient (Wildman–Crippen LogP) is 3.92. The SMILES string of the molecule is Cc1cccc(C(=O)CNCCCS(=O)(=O)c2ccc3ccccc3c2)c1F. The van der Waals surface area contributed by atoms with Gasteiger partial charge < -0.3 is 5.32 Å². The number of Topliss-reactive ketones (excluding diaryl/α,β-unsaturated/α-hetero) is 1. The second-order valence-corrected chi connectivity index (χ2v) is 8.83. The second kappa shape index (κ2) is 8.63. The number of halogens is 1. The van der Waals surface area contributed by atoms with Crippen LogP contribution in [0.5, 0.6) is 0 Å². The van der Waals surface area contributed by atoms with Crippen molar-refractivity contribution >= 4 is 26.4 Å². The predicted molar refractivity (Wildman–Crippen MR) is 109 cm³/mol. The van der Waals surface area contributed by atoms with Gasteiger partial charge in [0.2, 0.25) is 0 Å². The first-order chi connectivity index (χ1) is 13.4. The molecule has 0 amide bonds. The highest BCUT2D eigenvalue weighted by Gasteiger charge is 2.15. The lowest BCUT2D eigenvalue weighted by atomic mass is 10.1. The van der Waals surface area contributed by atoms with Gasteiger partial charge in [-0.3, -0.25) is 4.79 Å². The Hall–Kier alpha value is -2.57. The van der Waals surface area contributed by atoms with Gasteiger partial charge in [-0.1, -0.05) is 42.5 Å². The van der Waals surface area contributed by atoms with Gasteiger partial charge in [-0.05, 0) is 54.4 Å². The molecule has 3 aromatic carbocycles. The molecule has 0 fully saturated rings. The minimum Gasteiger partial charge on any atom is -0.310 e. The average molecular weight is 399 g/mol. The first kappa shape index (κ1) is 20.2. The molecule has 4 nitrogen and oxygen atoms in total. The van der Waals surface area contributed by atoms with Gasteiger partial charge in [0.05, 0.1) is 22.8 Å². The van der Waals surface area contributed by atoms with Crippen LogP contribution in [0.4, 0.5) is 4.39 Å². The third-order valence-corrected chi connectivity index (χ3v) is 6.42. The molecule has 0 atom stereocenters. The minimum atomic E-state index is -3.40. The molecule has 0 aliphatic heterocycles. The molecular weight excluding hydrogens is 377 g/mol. The zero-order valence-electron chi connectivity index (χ0n) is 15.6. The van der Waals surface area contributed by atoms with E-state index in [1.54, 1.807) is 37.3 Å². The molecule has 0 aliphatic carbocycles. The Labute approximate surface area is 164 Å². The maximum Gasteiger partial charge on any atom is 0.179 e. The van der Waals surface area contributed by atoms with E-state index in [-0.39, 0.29) is 23.6 Å². The smallest absolute Gasteiger partial charge is 0.179 e. The van der Waals surface area contributed by atoms with Crippen molar-refractivity contribution in [1.29, 1.82) is 0 Å². The zero-order valence-corrected chi connectivity index (χ0v) is 16.4. The number of aryl methyl sites for hydroxylation is 1. The van der Waals surface area contributed by atoms with Crippen LogP contribution in [0.15, 0.2) is 65.6 Å². The van der Waals surface area contributed by atoms with Crippen molar-refractivity contribution in [3.8, 4) is 0 Å². The summed E-state index contributed by atoms with van der Waals surface area (Å²) in [6.07, 6.45) is 0.360. The van der Waals surface area contributed by atoms with Crippen LogP contribution in [-0.2, 0) is 9.84 Å². The van der Waals surface area contributed by atoms with E-state index in [4.69, 9.17) is 0 Å². The maximum atomic E-state index is 14.0. The normalized spacial score (nSPS) is 11.6. The number of sulfone groups is 1. The van der Waals surface area contributed by atoms with Crippen LogP contribution in [0.1, 0.15) is 22.3 Å². The molecule has 0 radical (unpaired) electrons. The Morgan fingerprint density at radius 1 is 1.00 bits per heavy atom. The summed E-state index contributed by atoms with van der Waals surface area (Å²) in [7, 11) is -3.40. The molecule has 3 rings (SSSR count). The van der Waals surface area contributed by atoms with Crippen molar-refractivity contribution in [2.45, 2.75) is 18.2 Å². The fourth-order valence-corrected chi connectivity index (χ4v) is 4.37. The van der Waals surface area contributed by atoms with E-state index in [9.17, 15) is 17.6 Å². The van der Waals surface area contributed by atoms with Gasteiger partial charge in [0.1, 0.15) is 5.82 Å². The summed E-state index contributed by atoms with van der Waals surface area (Å²) < 4.78 is 39.0. The molecule has 0 saturated carbocycles. The van der Waals surface area contributed by atoms with Crippen molar-refractivity contribution in [1.82, 2.24) is 5.32 Å². The molecule has 0 bridgehead atoms. The summed E-state index contributed by atoms with van der Waals surface area (Å²) in [5.41, 5.74) is 0.476. The number of hydrogen-bond donors (Lipinski definition) is 1. The molecule has 0 heterocycles. The number of fused-ring (bicyclic) bond motifs is 1. The number of ketones is 1. The molecule has 0 unspecified atom stereocenters. The number of carbonyl (C=O) groups excluding carboxylic acids is 1. The zero-order chi connectivity index (χ0) is 20.1. The van der Waals surface area contributed by atoms with Crippen LogP contribution in [-0.4, -0.2) is 33.0 Å². The van der Waals surface area contributed by atoms with Gasteiger partial charge in [-0.2, -0.15) is 0 Å². The fraction of sp³-hybridized carbons (Fsp3) is 0.227. The van der Waals surface area contributed by atoms with Gasteiger partial charge in [0.25, 0.3) is 0 Å². The summed E-state index contributed by atoms with van der Waals surface area (Å²) in [6.45, 7) is 1.93. The molecule has 0 saturated heterocycles. The standard InChI is InChI=1S/C22H22FNO3S/c1-16-6-4-9-20(22(16)23)21(25)15-24-12-5-13-28(26,27)19-11-10-17-7-2-3-8-18(17)14-19/h2-4,6-11,14,24H,5,12-13,15H2,1H3. The summed E-state index contributed by atoms with van der Waals surface area (Å²) >= 11 is 0. The van der Waals surface area contributed by atoms with E-state index in [1.165, 1.54) is 6.07 Å². The molecule has 28 heavy (non-hydrogen) atoms. The van der Waals surface area contributed by atoms with E-state index < -0.39 is 15.7 Å². The molecule has 3 aromatic rings. The third-order valence-electron chi connectivity index (χ3n) is 4.62. The lowest BCUT2D eigenvalue weighted by Crippen LogP contribution is -2.26. The molecule has 0 aromatic heterocycles. The molecule has 146 valence electrons. The molecule has 0 spiro atoms. The number of benzene rings is 3. The lowest BCUT2D eigenvalue weighted by molar-refractivity contribution is 0.0987. The third kappa shape index (κ3) is 4.64. The highest BCUT2D eigenvalue weighted by Crippen LogP contribution is 2.20. The highest BCUT2D eigenvalue weighted by molar-refractivity contribution is 7.91. The van der Waals surface area contributed by atoms with E-state index in [0.29, 0.717) is 23.4 Å². The summed E-state index contributed by atoms with van der Waals surface area (Å²) in [4.78, 5) is 12.4. The van der Waals surface area contributed by atoms with E-state index in [1.807, 2.05) is 24.3 Å². The Bertz CT molecular complexity index is 1110. The molecular formula is C22H22FNO3S. The average Bonchev–Trinajstić information content (AvgIpc) is 2.69. The van der Waals surface area contributed by atoms with Crippen molar-refractivity contribution in [3.05, 3.63) is 77.6 Å². The lowest BCUT2D eigenvalue weighted by Gasteiger charge is -2.08. The van der Waals surface area contributed by atoms with Gasteiger partial charge in [-0.15, -0.1) is 0 Å². The van der Waals surface area contributed by atoms with E-state index in [0.717, 1.165) is 10.8 Å². The van der Waals surface area contributed by atoms with Crippen molar-refractivity contribution in [3.63, 3.8) is 0 Å². The van der Waals surface area contributed by atoms with Crippen molar-refractivity contribution in [2.75, 3.05) is 18.8 Å². The molecule has 0 aliphatic rings. The van der Waals surface area contributed by atoms with E-state index in [2.05, 4.69) is 5.32 Å². The van der Waals surface area contributed by atoms with Crippen molar-refractivity contribution < 1.29 is 17.6 Å². The van der Waals surface area contributed by atoms with Crippen LogP contribution in [0.2, 0.25) is 0 Å². The highest BCUT2D eigenvalue weighted by atomic mass is 32.2. The maximum absolute atomic E-state index is 14.0. The van der Waals surface area contributed by atoms with Gasteiger partial charge in [0, 0.05) is 0 Å². The minimum absolute atomic E-state index is 0.0225. The summed E-state index contributed by atoms with van der Waals surface area (Å²) in [5.74, 6) is -0.877. The first-order valence-electron chi connectivity index (χ1n) is 9.09.